The lowest BCUT2D eigenvalue weighted by atomic mass is 9.91. The topological polar surface area (TPSA) is 54.3 Å². The second-order valence-corrected chi connectivity index (χ2v) is 10.2. The van der Waals surface area contributed by atoms with Crippen LogP contribution in [0.2, 0.25) is 0 Å². The van der Waals surface area contributed by atoms with E-state index in [4.69, 9.17) is 0 Å². The van der Waals surface area contributed by atoms with Crippen molar-refractivity contribution >= 4 is 22.7 Å². The highest BCUT2D eigenvalue weighted by atomic mass is 16.2. The summed E-state index contributed by atoms with van der Waals surface area (Å²) in [5.74, 6) is -0.0865. The molecule has 1 saturated carbocycles. The van der Waals surface area contributed by atoms with Crippen LogP contribution in [0.3, 0.4) is 0 Å². The number of para-hydroxylation sites is 1. The molecule has 1 aromatic heterocycles. The normalized spacial score (nSPS) is 21.7. The summed E-state index contributed by atoms with van der Waals surface area (Å²) in [6.07, 6.45) is 8.86. The first-order valence-corrected chi connectivity index (χ1v) is 12.8. The molecule has 1 fully saturated rings. The first-order valence-electron chi connectivity index (χ1n) is 12.8. The maximum absolute atomic E-state index is 13.9. The number of fused-ring (bicyclic) bond motifs is 3. The fourth-order valence-corrected chi connectivity index (χ4v) is 5.68. The smallest absolute Gasteiger partial charge is 0.271 e. The molecular weight excluding hydrogens is 422 g/mol. The Morgan fingerprint density at radius 2 is 1.65 bits per heavy atom. The predicted molar refractivity (Wildman–Crippen MR) is 136 cm³/mol. The van der Waals surface area contributed by atoms with Crippen LogP contribution in [0.25, 0.3) is 10.9 Å². The standard InChI is InChI=1S/C29H35N3O2/c1-29(28(34)30-24-15-8-3-2-4-9-16-24)21-31-25-17-11-10-14-23(25)20-26(31)27(33)32(29)19-18-22-12-6-5-7-13-22/h5-7,10-14,17,20,24H,2-4,8-9,15-16,18-19,21H2,1H3,(H,30,34)/t29-/m1/s1. The van der Waals surface area contributed by atoms with Gasteiger partial charge in [-0.05, 0) is 43.9 Å². The molecule has 1 atom stereocenters. The van der Waals surface area contributed by atoms with Crippen molar-refractivity contribution < 1.29 is 9.59 Å². The minimum absolute atomic E-state index is 0.0251. The second-order valence-electron chi connectivity index (χ2n) is 10.2. The van der Waals surface area contributed by atoms with Crippen LogP contribution in [0.1, 0.15) is 67.9 Å². The molecular formula is C29H35N3O2. The Hall–Kier alpha value is -3.08. The number of nitrogens with zero attached hydrogens (tertiary/aromatic N) is 2. The van der Waals surface area contributed by atoms with E-state index in [9.17, 15) is 9.59 Å². The van der Waals surface area contributed by atoms with Crippen LogP contribution in [-0.4, -0.2) is 39.4 Å². The van der Waals surface area contributed by atoms with E-state index in [0.717, 1.165) is 43.0 Å². The lowest BCUT2D eigenvalue weighted by molar-refractivity contribution is -0.133. The van der Waals surface area contributed by atoms with E-state index in [0.29, 0.717) is 18.8 Å². The molecule has 178 valence electrons. The molecule has 2 aliphatic rings. The number of carbonyl (C=O) groups excluding carboxylic acids is 2. The Kier molecular flexibility index (Phi) is 6.44. The van der Waals surface area contributed by atoms with Crippen molar-refractivity contribution in [3.05, 3.63) is 71.9 Å². The molecule has 0 saturated heterocycles. The van der Waals surface area contributed by atoms with Crippen LogP contribution in [0.5, 0.6) is 0 Å². The molecule has 0 bridgehead atoms. The molecule has 2 amide bonds. The predicted octanol–water partition coefficient (Wildman–Crippen LogP) is 5.33. The van der Waals surface area contributed by atoms with Gasteiger partial charge in [0.15, 0.2) is 0 Å². The van der Waals surface area contributed by atoms with Gasteiger partial charge in [0.05, 0.1) is 6.54 Å². The molecule has 34 heavy (non-hydrogen) atoms. The molecule has 3 aromatic rings. The summed E-state index contributed by atoms with van der Waals surface area (Å²) in [6, 6.07) is 20.4. The van der Waals surface area contributed by atoms with Gasteiger partial charge in [0.2, 0.25) is 5.91 Å². The van der Waals surface area contributed by atoms with E-state index in [1.807, 2.05) is 64.9 Å². The van der Waals surface area contributed by atoms with Crippen molar-refractivity contribution in [1.82, 2.24) is 14.8 Å². The Labute approximate surface area is 202 Å². The first kappa shape index (κ1) is 22.7. The summed E-state index contributed by atoms with van der Waals surface area (Å²) in [4.78, 5) is 29.6. The molecule has 5 heteroatoms. The zero-order valence-electron chi connectivity index (χ0n) is 20.1. The van der Waals surface area contributed by atoms with Gasteiger partial charge in [-0.2, -0.15) is 0 Å². The quantitative estimate of drug-likeness (QED) is 0.563. The molecule has 0 radical (unpaired) electrons. The average molecular weight is 458 g/mol. The third kappa shape index (κ3) is 4.36. The second kappa shape index (κ2) is 9.65. The Morgan fingerprint density at radius 3 is 2.41 bits per heavy atom. The lowest BCUT2D eigenvalue weighted by Gasteiger charge is -2.45. The average Bonchev–Trinajstić information content (AvgIpc) is 3.20. The summed E-state index contributed by atoms with van der Waals surface area (Å²) in [6.45, 7) is 2.93. The third-order valence-corrected chi connectivity index (χ3v) is 7.73. The van der Waals surface area contributed by atoms with Crippen molar-refractivity contribution in [3.63, 3.8) is 0 Å². The largest absolute Gasteiger partial charge is 0.351 e. The van der Waals surface area contributed by atoms with Gasteiger partial charge in [0, 0.05) is 23.5 Å². The maximum Gasteiger partial charge on any atom is 0.271 e. The van der Waals surface area contributed by atoms with E-state index in [-0.39, 0.29) is 17.9 Å². The van der Waals surface area contributed by atoms with Crippen molar-refractivity contribution in [2.24, 2.45) is 0 Å². The lowest BCUT2D eigenvalue weighted by Crippen LogP contribution is -2.65. The zero-order chi connectivity index (χ0) is 23.5. The van der Waals surface area contributed by atoms with Gasteiger partial charge >= 0.3 is 0 Å². The van der Waals surface area contributed by atoms with Crippen LogP contribution < -0.4 is 5.32 Å². The van der Waals surface area contributed by atoms with E-state index in [1.165, 1.54) is 24.8 Å². The van der Waals surface area contributed by atoms with Gasteiger partial charge in [-0.1, -0.05) is 80.6 Å². The zero-order valence-corrected chi connectivity index (χ0v) is 20.1. The summed E-state index contributed by atoms with van der Waals surface area (Å²) < 4.78 is 2.05. The van der Waals surface area contributed by atoms with Gasteiger partial charge in [0.1, 0.15) is 11.2 Å². The molecule has 5 nitrogen and oxygen atoms in total. The Bertz CT molecular complexity index is 1160. The maximum atomic E-state index is 13.9. The Morgan fingerprint density at radius 1 is 0.971 bits per heavy atom. The molecule has 1 aliphatic carbocycles. The number of carbonyl (C=O) groups is 2. The van der Waals surface area contributed by atoms with Crippen molar-refractivity contribution in [3.8, 4) is 0 Å². The van der Waals surface area contributed by atoms with Gasteiger partial charge in [0.25, 0.3) is 5.91 Å². The van der Waals surface area contributed by atoms with Gasteiger partial charge in [-0.25, -0.2) is 0 Å². The minimum Gasteiger partial charge on any atom is -0.351 e. The minimum atomic E-state index is -0.941. The highest BCUT2D eigenvalue weighted by Gasteiger charge is 2.47. The summed E-state index contributed by atoms with van der Waals surface area (Å²) in [7, 11) is 0. The highest BCUT2D eigenvalue weighted by molar-refractivity contribution is 6.03. The van der Waals surface area contributed by atoms with E-state index in [1.54, 1.807) is 0 Å². The van der Waals surface area contributed by atoms with Crippen molar-refractivity contribution in [1.29, 1.82) is 0 Å². The van der Waals surface area contributed by atoms with Crippen LogP contribution in [-0.2, 0) is 17.8 Å². The van der Waals surface area contributed by atoms with Gasteiger partial charge in [-0.15, -0.1) is 0 Å². The fraction of sp³-hybridized carbons (Fsp3) is 0.448. The molecule has 5 rings (SSSR count). The van der Waals surface area contributed by atoms with E-state index in [2.05, 4.69) is 17.4 Å². The molecule has 0 unspecified atom stereocenters. The van der Waals surface area contributed by atoms with E-state index < -0.39 is 5.54 Å². The van der Waals surface area contributed by atoms with Gasteiger partial charge in [-0.3, -0.25) is 9.59 Å². The van der Waals surface area contributed by atoms with Crippen LogP contribution in [0.4, 0.5) is 0 Å². The first-order chi connectivity index (χ1) is 16.6. The van der Waals surface area contributed by atoms with Crippen molar-refractivity contribution in [2.75, 3.05) is 6.54 Å². The van der Waals surface area contributed by atoms with Crippen LogP contribution in [0.15, 0.2) is 60.7 Å². The Balaban J connectivity index is 1.46. The molecule has 2 heterocycles. The SMILES string of the molecule is C[C@]1(C(=O)NC2CCCCCCC2)Cn2c(cc3ccccc32)C(=O)N1CCc1ccccc1. The van der Waals surface area contributed by atoms with Crippen LogP contribution >= 0.6 is 0 Å². The number of aromatic nitrogens is 1. The number of hydrogen-bond donors (Lipinski definition) is 1. The fourth-order valence-electron chi connectivity index (χ4n) is 5.68. The molecule has 2 aromatic carbocycles. The van der Waals surface area contributed by atoms with Crippen LogP contribution in [0, 0.1) is 0 Å². The monoisotopic (exact) mass is 457 g/mol. The van der Waals surface area contributed by atoms with Crippen molar-refractivity contribution in [2.45, 2.75) is 76.4 Å². The number of amides is 2. The number of nitrogens with one attached hydrogen (secondary N) is 1. The number of benzene rings is 2. The summed E-state index contributed by atoms with van der Waals surface area (Å²) >= 11 is 0. The summed E-state index contributed by atoms with van der Waals surface area (Å²) in [5.41, 5.74) is 1.91. The number of rotatable bonds is 5. The molecule has 1 aliphatic heterocycles. The summed E-state index contributed by atoms with van der Waals surface area (Å²) in [5, 5.41) is 4.41. The highest BCUT2D eigenvalue weighted by Crippen LogP contribution is 2.33. The number of hydrogen-bond acceptors (Lipinski definition) is 2. The molecule has 0 spiro atoms. The van der Waals surface area contributed by atoms with E-state index >= 15 is 0 Å². The third-order valence-electron chi connectivity index (χ3n) is 7.73. The molecule has 1 N–H and O–H groups in total. The van der Waals surface area contributed by atoms with Gasteiger partial charge < -0.3 is 14.8 Å².